The van der Waals surface area contributed by atoms with Crippen molar-refractivity contribution < 1.29 is 14.1 Å². The molecule has 0 radical (unpaired) electrons. The first kappa shape index (κ1) is 10.4. The fourth-order valence-corrected chi connectivity index (χ4v) is 2.74. The minimum absolute atomic E-state index is 0.0242. The zero-order chi connectivity index (χ0) is 10.8. The maximum atomic E-state index is 11.7. The van der Waals surface area contributed by atoms with E-state index in [-0.39, 0.29) is 6.42 Å². The zero-order valence-corrected chi connectivity index (χ0v) is 9.00. The molecule has 0 saturated heterocycles. The van der Waals surface area contributed by atoms with Crippen molar-refractivity contribution in [2.75, 3.05) is 0 Å². The average Bonchev–Trinajstić information content (AvgIpc) is 3.00. The molecule has 0 bridgehead atoms. The molecule has 1 aromatic carbocycles. The Kier molecular flexibility index (Phi) is 2.86. The monoisotopic (exact) mass is 224 g/mol. The average molecular weight is 224 g/mol. The maximum Gasteiger partial charge on any atom is 0.307 e. The molecule has 1 fully saturated rings. The third kappa shape index (κ3) is 2.65. The number of benzene rings is 1. The molecule has 2 rings (SSSR count). The lowest BCUT2D eigenvalue weighted by atomic mass is 10.2. The molecular weight excluding hydrogens is 212 g/mol. The van der Waals surface area contributed by atoms with Crippen LogP contribution in [0.15, 0.2) is 29.2 Å². The molecule has 1 aliphatic carbocycles. The summed E-state index contributed by atoms with van der Waals surface area (Å²) < 4.78 is 11.7. The standard InChI is InChI=1S/C11H12O3S/c12-11(13)7-8-1-3-9(4-2-8)15(14)10-5-6-10/h1-4,10H,5-7H2,(H,12,13). The highest BCUT2D eigenvalue weighted by Gasteiger charge is 2.29. The Hall–Kier alpha value is -1.16. The number of carboxylic acid groups (broad SMARTS) is 1. The predicted molar refractivity (Wildman–Crippen MR) is 57.2 cm³/mol. The van der Waals surface area contributed by atoms with E-state index in [0.717, 1.165) is 23.3 Å². The van der Waals surface area contributed by atoms with Crippen LogP contribution in [-0.4, -0.2) is 20.5 Å². The lowest BCUT2D eigenvalue weighted by Gasteiger charge is -2.01. The van der Waals surface area contributed by atoms with E-state index in [1.807, 2.05) is 0 Å². The van der Waals surface area contributed by atoms with Crippen LogP contribution in [0, 0.1) is 0 Å². The Morgan fingerprint density at radius 1 is 1.33 bits per heavy atom. The molecule has 0 heterocycles. The molecule has 1 aromatic rings. The Labute approximate surface area is 90.6 Å². The molecule has 15 heavy (non-hydrogen) atoms. The van der Waals surface area contributed by atoms with Gasteiger partial charge in [-0.2, -0.15) is 0 Å². The third-order valence-corrected chi connectivity index (χ3v) is 4.15. The van der Waals surface area contributed by atoms with Gasteiger partial charge in [0.1, 0.15) is 0 Å². The SMILES string of the molecule is O=C(O)Cc1ccc(S(=O)C2CC2)cc1. The van der Waals surface area contributed by atoms with Crippen molar-refractivity contribution in [2.45, 2.75) is 29.4 Å². The topological polar surface area (TPSA) is 54.4 Å². The first-order valence-electron chi connectivity index (χ1n) is 4.88. The van der Waals surface area contributed by atoms with Crippen LogP contribution < -0.4 is 0 Å². The van der Waals surface area contributed by atoms with Crippen LogP contribution in [0.5, 0.6) is 0 Å². The fourth-order valence-electron chi connectivity index (χ4n) is 1.39. The second kappa shape index (κ2) is 4.14. The molecule has 80 valence electrons. The van der Waals surface area contributed by atoms with Crippen molar-refractivity contribution in [3.8, 4) is 0 Å². The van der Waals surface area contributed by atoms with Gasteiger partial charge in [-0.1, -0.05) is 12.1 Å². The summed E-state index contributed by atoms with van der Waals surface area (Å²) >= 11 is 0. The van der Waals surface area contributed by atoms with Crippen molar-refractivity contribution in [2.24, 2.45) is 0 Å². The van der Waals surface area contributed by atoms with Crippen LogP contribution in [0.3, 0.4) is 0 Å². The van der Waals surface area contributed by atoms with Gasteiger partial charge in [-0.05, 0) is 30.5 Å². The summed E-state index contributed by atoms with van der Waals surface area (Å²) in [5.74, 6) is -0.842. The van der Waals surface area contributed by atoms with Gasteiger partial charge in [0.05, 0.1) is 17.2 Å². The predicted octanol–water partition coefficient (Wildman–Crippen LogP) is 1.58. The lowest BCUT2D eigenvalue weighted by Crippen LogP contribution is -2.01. The molecule has 1 aliphatic rings. The van der Waals surface area contributed by atoms with Gasteiger partial charge in [0.2, 0.25) is 0 Å². The van der Waals surface area contributed by atoms with Crippen LogP contribution in [0.1, 0.15) is 18.4 Å². The van der Waals surface area contributed by atoms with Crippen LogP contribution in [0.2, 0.25) is 0 Å². The molecule has 3 nitrogen and oxygen atoms in total. The minimum Gasteiger partial charge on any atom is -0.481 e. The summed E-state index contributed by atoms with van der Waals surface area (Å²) in [6.07, 6.45) is 2.11. The van der Waals surface area contributed by atoms with Gasteiger partial charge in [0.15, 0.2) is 0 Å². The first-order chi connectivity index (χ1) is 7.16. The Bertz CT molecular complexity index is 393. The molecule has 0 aromatic heterocycles. The van der Waals surface area contributed by atoms with Gasteiger partial charge in [-0.15, -0.1) is 0 Å². The Morgan fingerprint density at radius 3 is 2.40 bits per heavy atom. The molecule has 0 aliphatic heterocycles. The molecule has 1 saturated carbocycles. The summed E-state index contributed by atoms with van der Waals surface area (Å²) in [4.78, 5) is 11.3. The third-order valence-electron chi connectivity index (χ3n) is 2.34. The number of rotatable bonds is 4. The van der Waals surface area contributed by atoms with Gasteiger partial charge < -0.3 is 5.11 Å². The molecule has 1 atom stereocenters. The number of hydrogen-bond acceptors (Lipinski definition) is 2. The smallest absolute Gasteiger partial charge is 0.307 e. The summed E-state index contributed by atoms with van der Waals surface area (Å²) in [6.45, 7) is 0. The van der Waals surface area contributed by atoms with E-state index >= 15 is 0 Å². The van der Waals surface area contributed by atoms with Crippen LogP contribution in [-0.2, 0) is 22.0 Å². The fraction of sp³-hybridized carbons (Fsp3) is 0.364. The van der Waals surface area contributed by atoms with E-state index in [2.05, 4.69) is 0 Å². The molecule has 1 unspecified atom stereocenters. The first-order valence-corrected chi connectivity index (χ1v) is 6.09. The van der Waals surface area contributed by atoms with E-state index in [9.17, 15) is 9.00 Å². The highest BCUT2D eigenvalue weighted by Crippen LogP contribution is 2.30. The van der Waals surface area contributed by atoms with Crippen molar-refractivity contribution in [1.82, 2.24) is 0 Å². The normalized spacial score (nSPS) is 17.3. The van der Waals surface area contributed by atoms with E-state index in [1.54, 1.807) is 24.3 Å². The van der Waals surface area contributed by atoms with Gasteiger partial charge in [0, 0.05) is 10.1 Å². The molecule has 0 spiro atoms. The van der Waals surface area contributed by atoms with Crippen molar-refractivity contribution in [1.29, 1.82) is 0 Å². The van der Waals surface area contributed by atoms with Crippen molar-refractivity contribution >= 4 is 16.8 Å². The second-order valence-electron chi connectivity index (χ2n) is 3.71. The molecular formula is C11H12O3S. The summed E-state index contributed by atoms with van der Waals surface area (Å²) in [6, 6.07) is 7.02. The lowest BCUT2D eigenvalue weighted by molar-refractivity contribution is -0.136. The Morgan fingerprint density at radius 2 is 1.93 bits per heavy atom. The van der Waals surface area contributed by atoms with Crippen LogP contribution in [0.4, 0.5) is 0 Å². The molecule has 0 amide bonds. The largest absolute Gasteiger partial charge is 0.481 e. The summed E-state index contributed by atoms with van der Waals surface area (Å²) in [5.41, 5.74) is 0.749. The van der Waals surface area contributed by atoms with E-state index in [4.69, 9.17) is 5.11 Å². The van der Waals surface area contributed by atoms with E-state index in [1.165, 1.54) is 0 Å². The van der Waals surface area contributed by atoms with Crippen LogP contribution >= 0.6 is 0 Å². The van der Waals surface area contributed by atoms with Crippen molar-refractivity contribution in [3.63, 3.8) is 0 Å². The maximum absolute atomic E-state index is 11.7. The number of aliphatic carboxylic acids is 1. The summed E-state index contributed by atoms with van der Waals surface area (Å²) in [7, 11) is -0.892. The van der Waals surface area contributed by atoms with E-state index in [0.29, 0.717) is 5.25 Å². The minimum atomic E-state index is -0.892. The molecule has 1 N–H and O–H groups in total. The highest BCUT2D eigenvalue weighted by molar-refractivity contribution is 7.86. The second-order valence-corrected chi connectivity index (χ2v) is 5.44. The van der Waals surface area contributed by atoms with Gasteiger partial charge in [-0.3, -0.25) is 9.00 Å². The van der Waals surface area contributed by atoms with Crippen molar-refractivity contribution in [3.05, 3.63) is 29.8 Å². The quantitative estimate of drug-likeness (QED) is 0.844. The van der Waals surface area contributed by atoms with Gasteiger partial charge in [0.25, 0.3) is 0 Å². The summed E-state index contributed by atoms with van der Waals surface area (Å²) in [5, 5.41) is 8.91. The number of carbonyl (C=O) groups is 1. The van der Waals surface area contributed by atoms with Gasteiger partial charge >= 0.3 is 5.97 Å². The van der Waals surface area contributed by atoms with Gasteiger partial charge in [-0.25, -0.2) is 0 Å². The number of carboxylic acids is 1. The highest BCUT2D eigenvalue weighted by atomic mass is 32.2. The van der Waals surface area contributed by atoms with Crippen LogP contribution in [0.25, 0.3) is 0 Å². The zero-order valence-electron chi connectivity index (χ0n) is 8.18. The number of hydrogen-bond donors (Lipinski definition) is 1. The van der Waals surface area contributed by atoms with E-state index < -0.39 is 16.8 Å². The Balaban J connectivity index is 2.09. The molecule has 4 heteroatoms.